The van der Waals surface area contributed by atoms with Gasteiger partial charge in [-0.1, -0.05) is 13.0 Å². The second-order valence-electron chi connectivity index (χ2n) is 8.35. The Labute approximate surface area is 192 Å². The van der Waals surface area contributed by atoms with E-state index >= 15 is 0 Å². The Morgan fingerprint density at radius 3 is 2.52 bits per heavy atom. The van der Waals surface area contributed by atoms with Crippen molar-refractivity contribution in [2.45, 2.75) is 19.4 Å². The first kappa shape index (κ1) is 21.2. The quantitative estimate of drug-likeness (QED) is 0.435. The molecule has 1 N–H and O–H groups in total. The zero-order valence-corrected chi connectivity index (χ0v) is 18.7. The van der Waals surface area contributed by atoms with Crippen molar-refractivity contribution in [3.63, 3.8) is 0 Å². The molecule has 1 amide bonds. The number of hydrogen-bond acceptors (Lipinski definition) is 7. The molecule has 8 nitrogen and oxygen atoms in total. The number of nitrogens with zero attached hydrogens (tertiary/aromatic N) is 2. The number of aliphatic hydroxyl groups excluding tert-OH is 1. The summed E-state index contributed by atoms with van der Waals surface area (Å²) in [7, 11) is 1.94. The first-order valence-electron chi connectivity index (χ1n) is 11.2. The standard InChI is InChI=1S/C25H26N2O6/c1-3-8-27-22(15-4-7-19-20(14-15)33-12-11-32-19)21(24(29)25(27)30)23(28)16-5-6-18-17(13-16)26(2)9-10-31-18/h4-7,13-14,22,28H,3,8-12H2,1-2H3/b23-21-. The highest BCUT2D eigenvalue weighted by atomic mass is 16.6. The lowest BCUT2D eigenvalue weighted by Gasteiger charge is -2.28. The van der Waals surface area contributed by atoms with Crippen LogP contribution in [-0.2, 0) is 9.59 Å². The molecule has 1 atom stereocenters. The second kappa shape index (κ2) is 8.35. The van der Waals surface area contributed by atoms with E-state index in [9.17, 15) is 14.7 Å². The minimum absolute atomic E-state index is 0.0736. The number of Topliss-reactive ketones (excluding diaryl/α,β-unsaturated/α-hetero) is 1. The fraction of sp³-hybridized carbons (Fsp3) is 0.360. The predicted octanol–water partition coefficient (Wildman–Crippen LogP) is 3.12. The van der Waals surface area contributed by atoms with E-state index < -0.39 is 17.7 Å². The van der Waals surface area contributed by atoms with Crippen LogP contribution >= 0.6 is 0 Å². The average molecular weight is 450 g/mol. The molecule has 1 saturated heterocycles. The van der Waals surface area contributed by atoms with Crippen LogP contribution in [0.15, 0.2) is 42.0 Å². The van der Waals surface area contributed by atoms with Gasteiger partial charge in [-0.05, 0) is 42.3 Å². The molecular formula is C25H26N2O6. The lowest BCUT2D eigenvalue weighted by atomic mass is 9.94. The van der Waals surface area contributed by atoms with Gasteiger partial charge in [0, 0.05) is 19.2 Å². The van der Waals surface area contributed by atoms with Gasteiger partial charge in [0.1, 0.15) is 31.3 Å². The van der Waals surface area contributed by atoms with E-state index in [0.717, 1.165) is 18.0 Å². The Morgan fingerprint density at radius 1 is 1.00 bits per heavy atom. The number of benzene rings is 2. The van der Waals surface area contributed by atoms with Crippen LogP contribution in [0, 0.1) is 0 Å². The van der Waals surface area contributed by atoms with Crippen molar-refractivity contribution in [2.24, 2.45) is 0 Å². The van der Waals surface area contributed by atoms with Crippen LogP contribution in [0.1, 0.15) is 30.5 Å². The van der Waals surface area contributed by atoms with E-state index in [2.05, 4.69) is 0 Å². The Bertz CT molecular complexity index is 1160. The molecule has 2 aromatic carbocycles. The van der Waals surface area contributed by atoms with Crippen molar-refractivity contribution in [3.05, 3.63) is 53.1 Å². The summed E-state index contributed by atoms with van der Waals surface area (Å²) < 4.78 is 17.0. The van der Waals surface area contributed by atoms with Gasteiger partial charge in [-0.3, -0.25) is 9.59 Å². The van der Waals surface area contributed by atoms with Crippen LogP contribution in [-0.4, -0.2) is 61.7 Å². The van der Waals surface area contributed by atoms with E-state index in [-0.39, 0.29) is 11.3 Å². The zero-order chi connectivity index (χ0) is 23.1. The summed E-state index contributed by atoms with van der Waals surface area (Å²) in [5.74, 6) is 0.396. The molecule has 3 aliphatic heterocycles. The number of hydrogen-bond donors (Lipinski definition) is 1. The summed E-state index contributed by atoms with van der Waals surface area (Å²) >= 11 is 0. The topological polar surface area (TPSA) is 88.5 Å². The number of fused-ring (bicyclic) bond motifs is 2. The van der Waals surface area contributed by atoms with E-state index in [1.165, 1.54) is 4.90 Å². The number of anilines is 1. The van der Waals surface area contributed by atoms with Crippen LogP contribution in [0.5, 0.6) is 17.2 Å². The monoisotopic (exact) mass is 450 g/mol. The molecule has 8 heteroatoms. The first-order chi connectivity index (χ1) is 16.0. The van der Waals surface area contributed by atoms with E-state index in [1.807, 2.05) is 24.9 Å². The highest BCUT2D eigenvalue weighted by Gasteiger charge is 2.46. The molecule has 0 aliphatic carbocycles. The smallest absolute Gasteiger partial charge is 0.295 e. The Morgan fingerprint density at radius 2 is 1.73 bits per heavy atom. The van der Waals surface area contributed by atoms with E-state index in [1.54, 1.807) is 30.3 Å². The van der Waals surface area contributed by atoms with Crippen molar-refractivity contribution < 1.29 is 28.9 Å². The number of ketones is 1. The highest BCUT2D eigenvalue weighted by Crippen LogP contribution is 2.43. The van der Waals surface area contributed by atoms with Gasteiger partial charge in [0.2, 0.25) is 0 Å². The number of aliphatic hydroxyl groups is 1. The van der Waals surface area contributed by atoms with Gasteiger partial charge in [-0.2, -0.15) is 0 Å². The lowest BCUT2D eigenvalue weighted by molar-refractivity contribution is -0.139. The molecule has 3 aliphatic rings. The average Bonchev–Trinajstić information content (AvgIpc) is 3.08. The van der Waals surface area contributed by atoms with Crippen molar-refractivity contribution >= 4 is 23.1 Å². The molecule has 0 saturated carbocycles. The third kappa shape index (κ3) is 3.55. The SMILES string of the molecule is CCCN1C(=O)C(=O)/C(=C(\O)c2ccc3c(c2)N(C)CCO3)C1c1ccc2c(c1)OCCO2. The molecule has 0 bridgehead atoms. The predicted molar refractivity (Wildman–Crippen MR) is 122 cm³/mol. The molecule has 2 aromatic rings. The minimum atomic E-state index is -0.717. The summed E-state index contributed by atoms with van der Waals surface area (Å²) in [6, 6.07) is 9.94. The summed E-state index contributed by atoms with van der Waals surface area (Å²) in [4.78, 5) is 29.6. The maximum absolute atomic E-state index is 13.1. The van der Waals surface area contributed by atoms with Crippen LogP contribution < -0.4 is 19.1 Å². The molecule has 33 heavy (non-hydrogen) atoms. The van der Waals surface area contributed by atoms with Crippen molar-refractivity contribution in [3.8, 4) is 17.2 Å². The Balaban J connectivity index is 1.64. The third-order valence-corrected chi connectivity index (χ3v) is 6.21. The summed E-state index contributed by atoms with van der Waals surface area (Å²) in [6.45, 7) is 4.53. The van der Waals surface area contributed by atoms with Crippen LogP contribution in [0.3, 0.4) is 0 Å². The maximum atomic E-state index is 13.1. The molecule has 5 rings (SSSR count). The van der Waals surface area contributed by atoms with Crippen LogP contribution in [0.2, 0.25) is 0 Å². The largest absolute Gasteiger partial charge is 0.507 e. The number of amides is 1. The maximum Gasteiger partial charge on any atom is 0.295 e. The fourth-order valence-corrected chi connectivity index (χ4v) is 4.58. The number of rotatable bonds is 4. The minimum Gasteiger partial charge on any atom is -0.507 e. The van der Waals surface area contributed by atoms with Crippen molar-refractivity contribution in [1.82, 2.24) is 4.90 Å². The number of likely N-dealkylation sites (N-methyl/N-ethyl adjacent to an activating group) is 1. The molecule has 1 unspecified atom stereocenters. The molecule has 0 aromatic heterocycles. The van der Waals surface area contributed by atoms with Gasteiger partial charge < -0.3 is 29.1 Å². The molecule has 0 spiro atoms. The van der Waals surface area contributed by atoms with Crippen molar-refractivity contribution in [1.29, 1.82) is 0 Å². The van der Waals surface area contributed by atoms with Crippen LogP contribution in [0.4, 0.5) is 5.69 Å². The zero-order valence-electron chi connectivity index (χ0n) is 18.7. The molecule has 1 fully saturated rings. The van der Waals surface area contributed by atoms with Gasteiger partial charge in [-0.25, -0.2) is 0 Å². The lowest BCUT2D eigenvalue weighted by Crippen LogP contribution is -2.30. The summed E-state index contributed by atoms with van der Waals surface area (Å²) in [5, 5.41) is 11.3. The van der Waals surface area contributed by atoms with Gasteiger partial charge in [0.15, 0.2) is 11.5 Å². The number of likely N-dealkylation sites (tertiary alicyclic amines) is 1. The highest BCUT2D eigenvalue weighted by molar-refractivity contribution is 6.46. The van der Waals surface area contributed by atoms with Gasteiger partial charge in [0.25, 0.3) is 11.7 Å². The van der Waals surface area contributed by atoms with Crippen molar-refractivity contribution in [2.75, 3.05) is 44.9 Å². The molecule has 172 valence electrons. The molecule has 0 radical (unpaired) electrons. The first-order valence-corrected chi connectivity index (χ1v) is 11.2. The van der Waals surface area contributed by atoms with E-state index in [0.29, 0.717) is 55.4 Å². The fourth-order valence-electron chi connectivity index (χ4n) is 4.58. The normalized spacial score (nSPS) is 21.1. The van der Waals surface area contributed by atoms with E-state index in [4.69, 9.17) is 14.2 Å². The third-order valence-electron chi connectivity index (χ3n) is 6.21. The summed E-state index contributed by atoms with van der Waals surface area (Å²) in [5.41, 5.74) is 2.04. The Kier molecular flexibility index (Phi) is 5.36. The Hall–Kier alpha value is -3.68. The number of carbonyl (C=O) groups excluding carboxylic acids is 2. The van der Waals surface area contributed by atoms with Gasteiger partial charge in [-0.15, -0.1) is 0 Å². The van der Waals surface area contributed by atoms with Gasteiger partial charge >= 0.3 is 0 Å². The summed E-state index contributed by atoms with van der Waals surface area (Å²) in [6.07, 6.45) is 0.676. The van der Waals surface area contributed by atoms with Gasteiger partial charge in [0.05, 0.1) is 23.8 Å². The second-order valence-corrected chi connectivity index (χ2v) is 8.35. The molecule has 3 heterocycles. The number of ether oxygens (including phenoxy) is 3. The molecular weight excluding hydrogens is 424 g/mol. The number of carbonyl (C=O) groups is 2. The van der Waals surface area contributed by atoms with Crippen LogP contribution in [0.25, 0.3) is 5.76 Å².